The van der Waals surface area contributed by atoms with Gasteiger partial charge in [-0.05, 0) is 38.5 Å². The highest BCUT2D eigenvalue weighted by Gasteiger charge is 2.28. The summed E-state index contributed by atoms with van der Waals surface area (Å²) in [4.78, 5) is 19.1. The Bertz CT molecular complexity index is 566. The van der Waals surface area contributed by atoms with Crippen LogP contribution in [0.3, 0.4) is 0 Å². The lowest BCUT2D eigenvalue weighted by Gasteiger charge is -2.39. The van der Waals surface area contributed by atoms with Crippen molar-refractivity contribution < 1.29 is 14.3 Å². The van der Waals surface area contributed by atoms with Gasteiger partial charge in [-0.3, -0.25) is 14.6 Å². The van der Waals surface area contributed by atoms with Crippen LogP contribution in [0.15, 0.2) is 24.3 Å². The number of benzene rings is 1. The van der Waals surface area contributed by atoms with Gasteiger partial charge in [-0.15, -0.1) is 0 Å². The van der Waals surface area contributed by atoms with Crippen LogP contribution >= 0.6 is 0 Å². The monoisotopic (exact) mass is 351 g/mol. The van der Waals surface area contributed by atoms with E-state index < -0.39 is 0 Å². The summed E-state index contributed by atoms with van der Waals surface area (Å²) in [6, 6.07) is 6.43. The molecule has 140 valence electrons. The number of carbonyl (C=O) groups excluding carboxylic acids is 1. The van der Waals surface area contributed by atoms with Crippen LogP contribution in [0.25, 0.3) is 0 Å². The van der Waals surface area contributed by atoms with E-state index in [-0.39, 0.29) is 23.9 Å². The zero-order valence-electron chi connectivity index (χ0n) is 15.5. The van der Waals surface area contributed by atoms with Crippen molar-refractivity contribution in [2.24, 2.45) is 0 Å². The topological polar surface area (TPSA) is 47.0 Å². The first-order valence-electron chi connectivity index (χ1n) is 8.90. The van der Waals surface area contributed by atoms with Gasteiger partial charge in [-0.25, -0.2) is 4.39 Å². The van der Waals surface area contributed by atoms with Gasteiger partial charge < -0.3 is 10.0 Å². The van der Waals surface area contributed by atoms with E-state index >= 15 is 0 Å². The van der Waals surface area contributed by atoms with Crippen molar-refractivity contribution in [1.82, 2.24) is 14.7 Å². The SMILES string of the molecule is CC(C)(C)N(Cc1cccc(F)c1)C(=O)CN1CCN(CCO)CC1. The van der Waals surface area contributed by atoms with Crippen molar-refractivity contribution in [2.45, 2.75) is 32.9 Å². The molecule has 25 heavy (non-hydrogen) atoms. The maximum absolute atomic E-state index is 13.5. The van der Waals surface area contributed by atoms with Crippen LogP contribution < -0.4 is 0 Å². The van der Waals surface area contributed by atoms with Crippen LogP contribution in [-0.4, -0.2) is 77.1 Å². The van der Waals surface area contributed by atoms with Gasteiger partial charge in [-0.2, -0.15) is 0 Å². The molecule has 6 heteroatoms. The van der Waals surface area contributed by atoms with E-state index in [1.165, 1.54) is 12.1 Å². The number of β-amino-alcohol motifs (C(OH)–C–C–N with tert-alkyl or cyclic N) is 1. The molecule has 1 N–H and O–H groups in total. The third-order valence-corrected chi connectivity index (χ3v) is 4.58. The number of hydrogen-bond acceptors (Lipinski definition) is 4. The van der Waals surface area contributed by atoms with Gasteiger partial charge in [0.15, 0.2) is 0 Å². The number of aliphatic hydroxyl groups is 1. The number of piperazine rings is 1. The molecule has 5 nitrogen and oxygen atoms in total. The Hall–Kier alpha value is -1.50. The number of carbonyl (C=O) groups is 1. The highest BCUT2D eigenvalue weighted by atomic mass is 19.1. The minimum atomic E-state index is -0.331. The van der Waals surface area contributed by atoms with Gasteiger partial charge in [0, 0.05) is 44.8 Å². The summed E-state index contributed by atoms with van der Waals surface area (Å²) in [5.41, 5.74) is 0.471. The zero-order valence-corrected chi connectivity index (χ0v) is 15.5. The van der Waals surface area contributed by atoms with E-state index in [9.17, 15) is 9.18 Å². The van der Waals surface area contributed by atoms with E-state index in [0.29, 0.717) is 19.6 Å². The number of aliphatic hydroxyl groups excluding tert-OH is 1. The third kappa shape index (κ3) is 6.06. The van der Waals surface area contributed by atoms with Crippen LogP contribution in [0, 0.1) is 5.82 Å². The largest absolute Gasteiger partial charge is 0.395 e. The first kappa shape index (κ1) is 19.8. The van der Waals surface area contributed by atoms with Crippen molar-refractivity contribution in [3.63, 3.8) is 0 Å². The molecule has 1 amide bonds. The molecule has 2 rings (SSSR count). The maximum atomic E-state index is 13.5. The highest BCUT2D eigenvalue weighted by molar-refractivity contribution is 5.79. The van der Waals surface area contributed by atoms with Gasteiger partial charge in [0.2, 0.25) is 5.91 Å². The molecule has 1 aromatic rings. The second-order valence-corrected chi connectivity index (χ2v) is 7.62. The standard InChI is InChI=1S/C19H30FN3O2/c1-19(2,3)23(14-16-5-4-6-17(20)13-16)18(25)15-22-9-7-21(8-10-22)11-12-24/h4-6,13,24H,7-12,14-15H2,1-3H3. The van der Waals surface area contributed by atoms with Gasteiger partial charge in [0.1, 0.15) is 5.82 Å². The van der Waals surface area contributed by atoms with Gasteiger partial charge in [-0.1, -0.05) is 12.1 Å². The molecule has 1 aromatic carbocycles. The smallest absolute Gasteiger partial charge is 0.237 e. The first-order chi connectivity index (χ1) is 11.8. The maximum Gasteiger partial charge on any atom is 0.237 e. The number of amides is 1. The second kappa shape index (κ2) is 8.74. The highest BCUT2D eigenvalue weighted by Crippen LogP contribution is 2.19. The lowest BCUT2D eigenvalue weighted by molar-refractivity contribution is -0.138. The number of rotatable bonds is 6. The first-order valence-corrected chi connectivity index (χ1v) is 8.90. The minimum Gasteiger partial charge on any atom is -0.395 e. The molecular formula is C19H30FN3O2. The molecule has 0 unspecified atom stereocenters. The fourth-order valence-electron chi connectivity index (χ4n) is 3.11. The van der Waals surface area contributed by atoms with Gasteiger partial charge >= 0.3 is 0 Å². The molecule has 1 aliphatic heterocycles. The van der Waals surface area contributed by atoms with Crippen molar-refractivity contribution >= 4 is 5.91 Å². The average molecular weight is 351 g/mol. The molecule has 0 saturated carbocycles. The molecule has 0 aromatic heterocycles. The Morgan fingerprint density at radius 2 is 1.84 bits per heavy atom. The predicted molar refractivity (Wildman–Crippen MR) is 96.7 cm³/mol. The molecule has 0 spiro atoms. The van der Waals surface area contributed by atoms with Gasteiger partial charge in [0.05, 0.1) is 13.2 Å². The molecule has 0 bridgehead atoms. The quantitative estimate of drug-likeness (QED) is 0.845. The van der Waals surface area contributed by atoms with E-state index in [1.54, 1.807) is 6.07 Å². The van der Waals surface area contributed by atoms with Gasteiger partial charge in [0.25, 0.3) is 0 Å². The zero-order chi connectivity index (χ0) is 18.4. The molecular weight excluding hydrogens is 321 g/mol. The Balaban J connectivity index is 1.97. The van der Waals surface area contributed by atoms with E-state index in [1.807, 2.05) is 31.7 Å². The number of halogens is 1. The van der Waals surface area contributed by atoms with E-state index in [2.05, 4.69) is 9.80 Å². The van der Waals surface area contributed by atoms with Crippen molar-refractivity contribution in [3.8, 4) is 0 Å². The molecule has 0 aliphatic carbocycles. The summed E-state index contributed by atoms with van der Waals surface area (Å²) >= 11 is 0. The number of nitrogens with zero attached hydrogens (tertiary/aromatic N) is 3. The van der Waals surface area contributed by atoms with Crippen molar-refractivity contribution in [1.29, 1.82) is 0 Å². The molecule has 0 atom stereocenters. The molecule has 1 aliphatic rings. The average Bonchev–Trinajstić information content (AvgIpc) is 2.53. The summed E-state index contributed by atoms with van der Waals surface area (Å²) in [7, 11) is 0. The van der Waals surface area contributed by atoms with Crippen LogP contribution in [0.4, 0.5) is 4.39 Å². The molecule has 0 radical (unpaired) electrons. The fourth-order valence-corrected chi connectivity index (χ4v) is 3.11. The summed E-state index contributed by atoms with van der Waals surface area (Å²) in [5, 5.41) is 9.01. The summed E-state index contributed by atoms with van der Waals surface area (Å²) in [5.74, 6) is -0.216. The lowest BCUT2D eigenvalue weighted by atomic mass is 10.0. The van der Waals surface area contributed by atoms with Crippen molar-refractivity contribution in [3.05, 3.63) is 35.6 Å². The summed E-state index contributed by atoms with van der Waals surface area (Å²) in [6.07, 6.45) is 0. The lowest BCUT2D eigenvalue weighted by Crippen LogP contribution is -2.53. The normalized spacial score (nSPS) is 16.8. The second-order valence-electron chi connectivity index (χ2n) is 7.62. The van der Waals surface area contributed by atoms with Crippen LogP contribution in [0.1, 0.15) is 26.3 Å². The van der Waals surface area contributed by atoms with Crippen LogP contribution in [0.5, 0.6) is 0 Å². The molecule has 1 heterocycles. The van der Waals surface area contributed by atoms with E-state index in [4.69, 9.17) is 5.11 Å². The minimum absolute atomic E-state index is 0.0624. The Kier molecular flexibility index (Phi) is 6.93. The van der Waals surface area contributed by atoms with Crippen LogP contribution in [0.2, 0.25) is 0 Å². The molecule has 1 saturated heterocycles. The summed E-state index contributed by atoms with van der Waals surface area (Å²) in [6.45, 7) is 11.0. The predicted octanol–water partition coefficient (Wildman–Crippen LogP) is 1.56. The summed E-state index contributed by atoms with van der Waals surface area (Å²) < 4.78 is 13.5. The Morgan fingerprint density at radius 3 is 2.40 bits per heavy atom. The fraction of sp³-hybridized carbons (Fsp3) is 0.632. The van der Waals surface area contributed by atoms with Crippen molar-refractivity contribution in [2.75, 3.05) is 45.9 Å². The Morgan fingerprint density at radius 1 is 1.20 bits per heavy atom. The number of hydrogen-bond donors (Lipinski definition) is 1. The third-order valence-electron chi connectivity index (χ3n) is 4.58. The molecule has 1 fully saturated rings. The Labute approximate surface area is 150 Å². The van der Waals surface area contributed by atoms with E-state index in [0.717, 1.165) is 31.7 Å². The van der Waals surface area contributed by atoms with Crippen LogP contribution in [-0.2, 0) is 11.3 Å².